The van der Waals surface area contributed by atoms with Gasteiger partial charge in [0.2, 0.25) is 5.91 Å². The molecule has 156 valence electrons. The number of nitrogens with one attached hydrogen (secondary N) is 3. The molecule has 6 heteroatoms. The minimum atomic E-state index is -0.802. The molecule has 4 rings (SSSR count). The zero-order valence-electron chi connectivity index (χ0n) is 17.4. The third-order valence-electron chi connectivity index (χ3n) is 7.86. The van der Waals surface area contributed by atoms with E-state index < -0.39 is 5.54 Å². The van der Waals surface area contributed by atoms with E-state index >= 15 is 0 Å². The van der Waals surface area contributed by atoms with Gasteiger partial charge in [-0.2, -0.15) is 10.5 Å². The first-order chi connectivity index (χ1) is 14.1. The van der Waals surface area contributed by atoms with Gasteiger partial charge in [-0.1, -0.05) is 51.4 Å². The van der Waals surface area contributed by atoms with E-state index in [-0.39, 0.29) is 29.1 Å². The molecule has 1 amide bonds. The number of carbonyl (C=O) groups excluding carboxylic acids is 1. The molecule has 0 aromatic heterocycles. The number of hydrogen-bond donors (Lipinski definition) is 3. The third kappa shape index (κ3) is 3.59. The Morgan fingerprint density at radius 2 is 1.41 bits per heavy atom. The molecule has 0 radical (unpaired) electrons. The smallest absolute Gasteiger partial charge is 0.246 e. The van der Waals surface area contributed by atoms with Gasteiger partial charge in [-0.15, -0.1) is 0 Å². The second kappa shape index (κ2) is 8.27. The zero-order valence-corrected chi connectivity index (χ0v) is 17.4. The van der Waals surface area contributed by atoms with E-state index in [0.29, 0.717) is 5.70 Å². The number of carbonyl (C=O) groups is 1. The molecule has 1 spiro atoms. The first kappa shape index (κ1) is 20.1. The second-order valence-electron chi connectivity index (χ2n) is 9.52. The molecular formula is C23H33N5O. The number of fused-ring (bicyclic) bond motifs is 2. The fraction of sp³-hybridized carbons (Fsp3) is 0.783. The maximum atomic E-state index is 13.8. The predicted octanol–water partition coefficient (Wildman–Crippen LogP) is 3.52. The summed E-state index contributed by atoms with van der Waals surface area (Å²) >= 11 is 0. The van der Waals surface area contributed by atoms with Crippen LogP contribution in [0.4, 0.5) is 0 Å². The maximum absolute atomic E-state index is 13.8. The van der Waals surface area contributed by atoms with Crippen LogP contribution in [0.2, 0.25) is 0 Å². The molecule has 2 unspecified atom stereocenters. The topological polar surface area (TPSA) is 101 Å². The van der Waals surface area contributed by atoms with E-state index in [1.165, 1.54) is 25.7 Å². The van der Waals surface area contributed by atoms with E-state index in [9.17, 15) is 15.3 Å². The van der Waals surface area contributed by atoms with Crippen LogP contribution in [0, 0.1) is 28.6 Å². The van der Waals surface area contributed by atoms with Gasteiger partial charge < -0.3 is 16.0 Å². The van der Waals surface area contributed by atoms with Crippen LogP contribution in [0.3, 0.4) is 0 Å². The Bertz CT molecular complexity index is 748. The average molecular weight is 396 g/mol. The summed E-state index contributed by atoms with van der Waals surface area (Å²) in [6.07, 6.45) is 14.7. The molecule has 3 saturated carbocycles. The highest BCUT2D eigenvalue weighted by Gasteiger charge is 2.58. The van der Waals surface area contributed by atoms with Crippen LogP contribution in [-0.2, 0) is 4.79 Å². The predicted molar refractivity (Wildman–Crippen MR) is 110 cm³/mol. The lowest BCUT2D eigenvalue weighted by atomic mass is 9.59. The summed E-state index contributed by atoms with van der Waals surface area (Å²) in [7, 11) is 0. The van der Waals surface area contributed by atoms with Gasteiger partial charge in [0.05, 0.1) is 0 Å². The molecule has 29 heavy (non-hydrogen) atoms. The Labute approximate surface area is 174 Å². The largest absolute Gasteiger partial charge is 0.368 e. The van der Waals surface area contributed by atoms with Crippen LogP contribution < -0.4 is 16.0 Å². The van der Waals surface area contributed by atoms with Gasteiger partial charge in [-0.05, 0) is 38.5 Å². The second-order valence-corrected chi connectivity index (χ2v) is 9.52. The number of allylic oxidation sites excluding steroid dienone is 2. The van der Waals surface area contributed by atoms with Crippen molar-refractivity contribution < 1.29 is 4.79 Å². The summed E-state index contributed by atoms with van der Waals surface area (Å²) in [6.45, 7) is 0. The molecule has 3 fully saturated rings. The summed E-state index contributed by atoms with van der Waals surface area (Å²) in [5.74, 6) is 0.134. The van der Waals surface area contributed by atoms with Crippen molar-refractivity contribution in [3.63, 3.8) is 0 Å². The van der Waals surface area contributed by atoms with Gasteiger partial charge in [0.1, 0.15) is 29.1 Å². The molecule has 1 aliphatic heterocycles. The van der Waals surface area contributed by atoms with E-state index in [1.807, 2.05) is 0 Å². The van der Waals surface area contributed by atoms with Crippen molar-refractivity contribution in [2.24, 2.45) is 5.92 Å². The lowest BCUT2D eigenvalue weighted by Gasteiger charge is -2.53. The summed E-state index contributed by atoms with van der Waals surface area (Å²) in [6, 6.07) is 4.64. The standard InChI is InChI=1S/C23H33N5O/c24-15-18-19(16-25)28-23(21(29)26-17-9-3-1-4-10-17)14-8-5-11-20(23)22(27-18)12-6-2-7-13-22/h17,20,27-28H,1-14H2,(H,26,29). The Morgan fingerprint density at radius 1 is 0.828 bits per heavy atom. The highest BCUT2D eigenvalue weighted by atomic mass is 16.2. The number of amides is 1. The van der Waals surface area contributed by atoms with Crippen molar-refractivity contribution in [3.05, 3.63) is 11.4 Å². The SMILES string of the molecule is N#CC1=C(C#N)NC2(C(=O)NC3CCCCC3)CCCCC2C2(CCCCC2)N1. The Balaban J connectivity index is 1.75. The van der Waals surface area contributed by atoms with Crippen LogP contribution in [-0.4, -0.2) is 23.0 Å². The summed E-state index contributed by atoms with van der Waals surface area (Å²) in [5.41, 5.74) is -0.530. The van der Waals surface area contributed by atoms with Crippen molar-refractivity contribution in [1.29, 1.82) is 10.5 Å². The highest BCUT2D eigenvalue weighted by Crippen LogP contribution is 2.49. The van der Waals surface area contributed by atoms with E-state index in [4.69, 9.17) is 0 Å². The van der Waals surface area contributed by atoms with Crippen LogP contribution in [0.25, 0.3) is 0 Å². The first-order valence-corrected chi connectivity index (χ1v) is 11.6. The van der Waals surface area contributed by atoms with Crippen molar-refractivity contribution in [3.8, 4) is 12.1 Å². The molecule has 3 aliphatic carbocycles. The molecule has 3 N–H and O–H groups in total. The Morgan fingerprint density at radius 3 is 2.10 bits per heavy atom. The van der Waals surface area contributed by atoms with Crippen LogP contribution >= 0.6 is 0 Å². The fourth-order valence-corrected chi connectivity index (χ4v) is 6.47. The van der Waals surface area contributed by atoms with Gasteiger partial charge >= 0.3 is 0 Å². The van der Waals surface area contributed by atoms with Gasteiger partial charge in [-0.25, -0.2) is 0 Å². The lowest BCUT2D eigenvalue weighted by molar-refractivity contribution is -0.134. The van der Waals surface area contributed by atoms with Crippen molar-refractivity contribution in [2.45, 2.75) is 107 Å². The molecule has 6 nitrogen and oxygen atoms in total. The van der Waals surface area contributed by atoms with Gasteiger partial charge in [0.25, 0.3) is 0 Å². The maximum Gasteiger partial charge on any atom is 0.246 e. The Kier molecular flexibility index (Phi) is 5.72. The number of rotatable bonds is 2. The van der Waals surface area contributed by atoms with Crippen LogP contribution in [0.5, 0.6) is 0 Å². The molecule has 0 aromatic carbocycles. The van der Waals surface area contributed by atoms with E-state index in [0.717, 1.165) is 64.2 Å². The molecule has 0 saturated heterocycles. The quantitative estimate of drug-likeness (QED) is 0.664. The molecular weight excluding hydrogens is 362 g/mol. The number of hydrogen-bond acceptors (Lipinski definition) is 5. The highest BCUT2D eigenvalue weighted by molar-refractivity contribution is 5.88. The number of nitriles is 2. The molecule has 2 atom stereocenters. The van der Waals surface area contributed by atoms with Crippen molar-refractivity contribution in [2.75, 3.05) is 0 Å². The zero-order chi connectivity index (χ0) is 20.3. The minimum Gasteiger partial charge on any atom is -0.368 e. The Hall–Kier alpha value is -2.21. The molecule has 4 aliphatic rings. The summed E-state index contributed by atoms with van der Waals surface area (Å²) < 4.78 is 0. The summed E-state index contributed by atoms with van der Waals surface area (Å²) in [4.78, 5) is 13.8. The van der Waals surface area contributed by atoms with Crippen LogP contribution in [0.15, 0.2) is 11.4 Å². The van der Waals surface area contributed by atoms with Crippen molar-refractivity contribution in [1.82, 2.24) is 16.0 Å². The van der Waals surface area contributed by atoms with Gasteiger partial charge in [0.15, 0.2) is 0 Å². The number of nitrogens with zero attached hydrogens (tertiary/aromatic N) is 2. The molecule has 0 aromatic rings. The monoisotopic (exact) mass is 395 g/mol. The normalized spacial score (nSPS) is 32.0. The minimum absolute atomic E-state index is 0.0489. The van der Waals surface area contributed by atoms with Crippen molar-refractivity contribution >= 4 is 5.91 Å². The van der Waals surface area contributed by atoms with Gasteiger partial charge in [0, 0.05) is 17.5 Å². The molecule has 0 bridgehead atoms. The van der Waals surface area contributed by atoms with E-state index in [2.05, 4.69) is 28.1 Å². The summed E-state index contributed by atoms with van der Waals surface area (Å²) in [5, 5.41) is 29.8. The van der Waals surface area contributed by atoms with Crippen LogP contribution in [0.1, 0.15) is 89.9 Å². The first-order valence-electron chi connectivity index (χ1n) is 11.6. The van der Waals surface area contributed by atoms with Gasteiger partial charge in [-0.3, -0.25) is 4.79 Å². The average Bonchev–Trinajstić information content (AvgIpc) is 2.88. The molecule has 1 heterocycles. The fourth-order valence-electron chi connectivity index (χ4n) is 6.47. The lowest BCUT2D eigenvalue weighted by Crippen LogP contribution is -2.69. The van der Waals surface area contributed by atoms with E-state index in [1.54, 1.807) is 0 Å². The third-order valence-corrected chi connectivity index (χ3v) is 7.86.